The molecule has 0 unspecified atom stereocenters. The van der Waals surface area contributed by atoms with Crippen LogP contribution >= 0.6 is 0 Å². The fraction of sp³-hybridized carbons (Fsp3) is 0.763. The lowest BCUT2D eigenvalue weighted by Gasteiger charge is -2.48. The minimum absolute atomic E-state index is 0.0134. The van der Waals surface area contributed by atoms with Crippen molar-refractivity contribution in [3.8, 4) is 0 Å². The summed E-state index contributed by atoms with van der Waals surface area (Å²) >= 11 is 0. The molecule has 0 bridgehead atoms. The predicted octanol–water partition coefficient (Wildman–Crippen LogP) is 4.00. The van der Waals surface area contributed by atoms with Crippen LogP contribution in [0.3, 0.4) is 0 Å². The topological polar surface area (TPSA) is 162 Å². The molecule has 14 heteroatoms. The highest BCUT2D eigenvalue weighted by molar-refractivity contribution is 5.81. The molecular weight excluding hydrogens is 679 g/mol. The third-order valence-electron chi connectivity index (χ3n) is 10.9. The Labute approximate surface area is 307 Å². The number of Topliss-reactive ketones (excluding diaryl/α,β-unsaturated/α-hetero) is 1. The molecule has 0 spiro atoms. The van der Waals surface area contributed by atoms with Crippen LogP contribution in [0.1, 0.15) is 79.7 Å². The highest BCUT2D eigenvalue weighted by Crippen LogP contribution is 2.39. The fourth-order valence-corrected chi connectivity index (χ4v) is 7.56. The number of methoxy groups -OCH3 is 2. The molecule has 296 valence electrons. The standard InChI is InChI=1S/C38H61FN2O11/c1-12-29-38(7,46)30(47-10)18-28(42)21(2)19-37(6,48-11)33(52-35-31(43)27(41(8)9)17-22(3)49-35)23(4)32(24(5)34(44)50-29)51-36(45)40-20-25-13-15-26(39)16-14-25/h13-16,21-24,27,29-33,35,43,46H,12,17-20H2,1-11H3,(H,40,45)/t21-,22-,23+,24-,27+,29-,30-,31-,32+,33-,35+,37-,38-/m1/s1. The second-order valence-corrected chi connectivity index (χ2v) is 15.2. The van der Waals surface area contributed by atoms with E-state index < -0.39 is 83.6 Å². The van der Waals surface area contributed by atoms with Crippen molar-refractivity contribution < 1.29 is 57.4 Å². The van der Waals surface area contributed by atoms with Gasteiger partial charge < -0.3 is 48.9 Å². The minimum Gasteiger partial charge on any atom is -0.459 e. The van der Waals surface area contributed by atoms with E-state index >= 15 is 0 Å². The van der Waals surface area contributed by atoms with Crippen LogP contribution in [0, 0.1) is 23.6 Å². The number of esters is 1. The number of aliphatic hydroxyl groups excluding tert-OH is 1. The molecule has 2 aliphatic rings. The van der Waals surface area contributed by atoms with E-state index in [2.05, 4.69) is 5.32 Å². The molecule has 13 nitrogen and oxygen atoms in total. The van der Waals surface area contributed by atoms with E-state index in [1.807, 2.05) is 25.9 Å². The van der Waals surface area contributed by atoms with E-state index in [1.165, 1.54) is 45.4 Å². The zero-order chi connectivity index (χ0) is 39.1. The zero-order valence-electron chi connectivity index (χ0n) is 32.6. The Morgan fingerprint density at radius 1 is 1.10 bits per heavy atom. The number of benzene rings is 1. The number of cyclic esters (lactones) is 1. The number of nitrogens with zero attached hydrogens (tertiary/aromatic N) is 1. The summed E-state index contributed by atoms with van der Waals surface area (Å²) in [5, 5.41) is 25.9. The van der Waals surface area contributed by atoms with Gasteiger partial charge in [0.05, 0.1) is 29.8 Å². The van der Waals surface area contributed by atoms with E-state index in [-0.39, 0.29) is 43.7 Å². The van der Waals surface area contributed by atoms with Crippen LogP contribution in [0.2, 0.25) is 0 Å². The lowest BCUT2D eigenvalue weighted by Crippen LogP contribution is -2.60. The maximum absolute atomic E-state index is 14.0. The lowest BCUT2D eigenvalue weighted by atomic mass is 9.76. The molecule has 1 aromatic carbocycles. The number of carbonyl (C=O) groups is 3. The Morgan fingerprint density at radius 3 is 2.29 bits per heavy atom. The van der Waals surface area contributed by atoms with E-state index in [4.69, 9.17) is 28.4 Å². The summed E-state index contributed by atoms with van der Waals surface area (Å²) in [6.45, 7) is 11.9. The van der Waals surface area contributed by atoms with Gasteiger partial charge in [-0.05, 0) is 78.7 Å². The molecule has 0 aliphatic carbocycles. The number of likely N-dealkylation sites (N-methyl/N-ethyl adjacent to an activating group) is 1. The maximum atomic E-state index is 14.0. The number of alkyl carbamates (subject to hydrolysis) is 1. The van der Waals surface area contributed by atoms with Gasteiger partial charge in [0.15, 0.2) is 6.29 Å². The first-order valence-corrected chi connectivity index (χ1v) is 18.2. The summed E-state index contributed by atoms with van der Waals surface area (Å²) in [4.78, 5) is 43.2. The summed E-state index contributed by atoms with van der Waals surface area (Å²) in [7, 11) is 6.57. The number of hydrogen-bond acceptors (Lipinski definition) is 12. The first-order chi connectivity index (χ1) is 24.3. The summed E-state index contributed by atoms with van der Waals surface area (Å²) in [6, 6.07) is 5.29. The van der Waals surface area contributed by atoms with Crippen molar-refractivity contribution in [1.29, 1.82) is 0 Å². The van der Waals surface area contributed by atoms with Crippen LogP contribution in [-0.2, 0) is 44.6 Å². The Kier molecular flexibility index (Phi) is 15.6. The van der Waals surface area contributed by atoms with E-state index in [9.17, 15) is 29.0 Å². The van der Waals surface area contributed by atoms with Crippen LogP contribution in [-0.4, -0.2) is 121 Å². The number of nitrogens with one attached hydrogen (secondary N) is 1. The maximum Gasteiger partial charge on any atom is 0.407 e. The largest absolute Gasteiger partial charge is 0.459 e. The van der Waals surface area contributed by atoms with Crippen LogP contribution in [0.15, 0.2) is 24.3 Å². The minimum atomic E-state index is -1.75. The summed E-state index contributed by atoms with van der Waals surface area (Å²) in [5.74, 6) is -4.00. The van der Waals surface area contributed by atoms with Gasteiger partial charge in [-0.25, -0.2) is 9.18 Å². The predicted molar refractivity (Wildman–Crippen MR) is 190 cm³/mol. The Balaban J connectivity index is 2.13. The number of hydrogen-bond donors (Lipinski definition) is 3. The van der Waals surface area contributed by atoms with E-state index in [0.717, 1.165) is 0 Å². The molecule has 1 amide bonds. The Morgan fingerprint density at radius 2 is 1.73 bits per heavy atom. The number of halogens is 1. The van der Waals surface area contributed by atoms with Crippen LogP contribution in [0.4, 0.5) is 9.18 Å². The number of amides is 1. The number of aliphatic hydroxyl groups is 2. The van der Waals surface area contributed by atoms with Crippen molar-refractivity contribution in [3.05, 3.63) is 35.6 Å². The molecule has 2 heterocycles. The van der Waals surface area contributed by atoms with Gasteiger partial charge in [-0.1, -0.05) is 32.9 Å². The molecule has 3 rings (SSSR count). The Hall–Kier alpha value is -2.72. The molecule has 52 heavy (non-hydrogen) atoms. The normalized spacial score (nSPS) is 38.3. The first kappa shape index (κ1) is 43.7. The average Bonchev–Trinajstić information content (AvgIpc) is 3.09. The molecule has 2 fully saturated rings. The zero-order valence-corrected chi connectivity index (χ0v) is 32.6. The average molecular weight is 741 g/mol. The first-order valence-electron chi connectivity index (χ1n) is 18.2. The third-order valence-corrected chi connectivity index (χ3v) is 10.9. The highest BCUT2D eigenvalue weighted by Gasteiger charge is 2.52. The van der Waals surface area contributed by atoms with Crippen molar-refractivity contribution in [1.82, 2.24) is 10.2 Å². The summed E-state index contributed by atoms with van der Waals surface area (Å²) in [5.41, 5.74) is -2.41. The fourth-order valence-electron chi connectivity index (χ4n) is 7.56. The van der Waals surface area contributed by atoms with Gasteiger partial charge in [0.25, 0.3) is 0 Å². The third kappa shape index (κ3) is 10.5. The van der Waals surface area contributed by atoms with Crippen LogP contribution in [0.25, 0.3) is 0 Å². The van der Waals surface area contributed by atoms with Crippen molar-refractivity contribution >= 4 is 17.8 Å². The molecule has 1 aromatic rings. The lowest BCUT2D eigenvalue weighted by molar-refractivity contribution is -0.301. The molecule has 0 saturated carbocycles. The molecule has 13 atom stereocenters. The monoisotopic (exact) mass is 740 g/mol. The molecular formula is C38H61FN2O11. The van der Waals surface area contributed by atoms with Crippen LogP contribution < -0.4 is 5.32 Å². The second kappa shape index (κ2) is 18.5. The van der Waals surface area contributed by atoms with Crippen molar-refractivity contribution in [3.63, 3.8) is 0 Å². The number of ether oxygens (including phenoxy) is 6. The molecule has 0 aromatic heterocycles. The van der Waals surface area contributed by atoms with Gasteiger partial charge in [0, 0.05) is 45.1 Å². The SMILES string of the molecule is CC[C@H]1OC(=O)[C@H](C)[C@@H](OC(=O)NCc2ccc(F)cc2)[C@H](C)[C@@H](O[C@@H]2O[C@H](C)C[C@H](N(C)C)[C@H]2O)[C@](C)(OC)C[C@@H](C)C(=O)C[C@@H](OC)[C@]1(C)O. The smallest absolute Gasteiger partial charge is 0.407 e. The highest BCUT2D eigenvalue weighted by atomic mass is 19.1. The molecule has 3 N–H and O–H groups in total. The van der Waals surface area contributed by atoms with Gasteiger partial charge >= 0.3 is 12.1 Å². The molecule has 0 radical (unpaired) electrons. The van der Waals surface area contributed by atoms with Crippen LogP contribution in [0.5, 0.6) is 0 Å². The number of carbonyl (C=O) groups excluding carboxylic acids is 3. The van der Waals surface area contributed by atoms with E-state index in [0.29, 0.717) is 12.0 Å². The molecule has 2 aliphatic heterocycles. The summed E-state index contributed by atoms with van der Waals surface area (Å²) in [6.07, 6.45) is -7.02. The van der Waals surface area contributed by atoms with Crippen molar-refractivity contribution in [2.24, 2.45) is 17.8 Å². The second-order valence-electron chi connectivity index (χ2n) is 15.2. The van der Waals surface area contributed by atoms with Gasteiger partial charge in [-0.2, -0.15) is 0 Å². The number of rotatable bonds is 9. The van der Waals surface area contributed by atoms with Gasteiger partial charge in [-0.15, -0.1) is 0 Å². The van der Waals surface area contributed by atoms with E-state index in [1.54, 1.807) is 34.6 Å². The van der Waals surface area contributed by atoms with Gasteiger partial charge in [-0.3, -0.25) is 9.59 Å². The number of ketones is 1. The quantitative estimate of drug-likeness (QED) is 0.313. The summed E-state index contributed by atoms with van der Waals surface area (Å²) < 4.78 is 50.1. The van der Waals surface area contributed by atoms with Gasteiger partial charge in [0.2, 0.25) is 0 Å². The van der Waals surface area contributed by atoms with Gasteiger partial charge in [0.1, 0.15) is 35.5 Å². The van der Waals surface area contributed by atoms with Crippen molar-refractivity contribution in [2.45, 2.75) is 141 Å². The molecule has 2 saturated heterocycles. The Bertz CT molecular complexity index is 1330. The van der Waals surface area contributed by atoms with Crippen molar-refractivity contribution in [2.75, 3.05) is 28.3 Å².